The second-order valence-electron chi connectivity index (χ2n) is 7.85. The predicted octanol–water partition coefficient (Wildman–Crippen LogP) is 4.41. The van der Waals surface area contributed by atoms with Gasteiger partial charge in [-0.05, 0) is 105 Å². The smallest absolute Gasteiger partial charge is 0.171 e. The van der Waals surface area contributed by atoms with Gasteiger partial charge in [-0.1, -0.05) is 6.07 Å². The zero-order valence-corrected chi connectivity index (χ0v) is 14.4. The molecule has 3 heteroatoms. The van der Waals surface area contributed by atoms with E-state index in [9.17, 15) is 0 Å². The molecule has 2 N–H and O–H groups in total. The normalized spacial score (nSPS) is 35.5. The maximum atomic E-state index is 5.59. The number of hydrogen-bond acceptors (Lipinski definition) is 1. The highest BCUT2D eigenvalue weighted by Crippen LogP contribution is 2.53. The summed E-state index contributed by atoms with van der Waals surface area (Å²) in [7, 11) is 0. The van der Waals surface area contributed by atoms with Crippen LogP contribution in [0.15, 0.2) is 18.2 Å². The van der Waals surface area contributed by atoms with Crippen LogP contribution in [0.4, 0.5) is 5.69 Å². The Hall–Kier alpha value is -1.09. The Morgan fingerprint density at radius 2 is 1.59 bits per heavy atom. The SMILES string of the molecule is Cc1ccc(NC(=S)NC2C3CC4CC(C3)CC2C4)cc1C. The molecule has 0 aromatic heterocycles. The van der Waals surface area contributed by atoms with Crippen LogP contribution in [-0.2, 0) is 0 Å². The van der Waals surface area contributed by atoms with Crippen molar-refractivity contribution in [1.29, 1.82) is 0 Å². The summed E-state index contributed by atoms with van der Waals surface area (Å²) in [5.74, 6) is 3.75. The number of rotatable bonds is 2. The topological polar surface area (TPSA) is 24.1 Å². The Morgan fingerprint density at radius 3 is 2.18 bits per heavy atom. The van der Waals surface area contributed by atoms with E-state index in [1.165, 1.54) is 43.2 Å². The van der Waals surface area contributed by atoms with E-state index in [1.807, 2.05) is 0 Å². The maximum absolute atomic E-state index is 5.59. The molecule has 2 nitrogen and oxygen atoms in total. The van der Waals surface area contributed by atoms with E-state index in [-0.39, 0.29) is 0 Å². The van der Waals surface area contributed by atoms with E-state index < -0.39 is 0 Å². The molecule has 4 saturated carbocycles. The van der Waals surface area contributed by atoms with Gasteiger partial charge in [0.05, 0.1) is 0 Å². The highest BCUT2D eigenvalue weighted by atomic mass is 32.1. The van der Waals surface area contributed by atoms with Crippen LogP contribution >= 0.6 is 12.2 Å². The lowest BCUT2D eigenvalue weighted by Gasteiger charge is -2.54. The summed E-state index contributed by atoms with van der Waals surface area (Å²) < 4.78 is 0. The third-order valence-corrected chi connectivity index (χ3v) is 6.51. The Kier molecular flexibility index (Phi) is 3.64. The van der Waals surface area contributed by atoms with Gasteiger partial charge >= 0.3 is 0 Å². The van der Waals surface area contributed by atoms with Gasteiger partial charge in [-0.3, -0.25) is 0 Å². The number of anilines is 1. The van der Waals surface area contributed by atoms with Crippen LogP contribution in [0.1, 0.15) is 43.2 Å². The van der Waals surface area contributed by atoms with E-state index in [4.69, 9.17) is 12.2 Å². The van der Waals surface area contributed by atoms with Crippen molar-refractivity contribution in [3.05, 3.63) is 29.3 Å². The number of nitrogens with one attached hydrogen (secondary N) is 2. The molecule has 0 heterocycles. The summed E-state index contributed by atoms with van der Waals surface area (Å²) in [5.41, 5.74) is 3.73. The molecular formula is C19H26N2S. The molecule has 4 fully saturated rings. The van der Waals surface area contributed by atoms with Crippen LogP contribution in [0.3, 0.4) is 0 Å². The van der Waals surface area contributed by atoms with Crippen molar-refractivity contribution in [1.82, 2.24) is 5.32 Å². The number of hydrogen-bond donors (Lipinski definition) is 2. The molecule has 0 amide bonds. The number of aryl methyl sites for hydroxylation is 2. The van der Waals surface area contributed by atoms with E-state index in [0.29, 0.717) is 6.04 Å². The lowest BCUT2D eigenvalue weighted by atomic mass is 9.54. The first kappa shape index (κ1) is 14.5. The summed E-state index contributed by atoms with van der Waals surface area (Å²) in [6.07, 6.45) is 7.22. The lowest BCUT2D eigenvalue weighted by Crippen LogP contribution is -2.56. The summed E-state index contributed by atoms with van der Waals surface area (Å²) in [4.78, 5) is 0. The van der Waals surface area contributed by atoms with Gasteiger partial charge in [-0.2, -0.15) is 0 Å². The van der Waals surface area contributed by atoms with E-state index in [2.05, 4.69) is 42.7 Å². The molecule has 22 heavy (non-hydrogen) atoms. The Labute approximate surface area is 139 Å². The van der Waals surface area contributed by atoms with Crippen molar-refractivity contribution >= 4 is 23.0 Å². The van der Waals surface area contributed by atoms with Crippen molar-refractivity contribution < 1.29 is 0 Å². The molecule has 4 aliphatic carbocycles. The van der Waals surface area contributed by atoms with Crippen molar-refractivity contribution in [2.45, 2.75) is 52.0 Å². The van der Waals surface area contributed by atoms with Crippen molar-refractivity contribution in [2.75, 3.05) is 5.32 Å². The average molecular weight is 314 g/mol. The van der Waals surface area contributed by atoms with E-state index in [1.54, 1.807) is 0 Å². The minimum absolute atomic E-state index is 0.611. The van der Waals surface area contributed by atoms with Gasteiger partial charge in [0, 0.05) is 11.7 Å². The molecular weight excluding hydrogens is 288 g/mol. The molecule has 0 atom stereocenters. The van der Waals surface area contributed by atoms with E-state index in [0.717, 1.165) is 34.5 Å². The van der Waals surface area contributed by atoms with Gasteiger partial charge in [-0.25, -0.2) is 0 Å². The standard InChI is InChI=1S/C19H26N2S/c1-11-3-4-17(5-12(11)2)20-19(22)21-18-15-7-13-6-14(9-15)10-16(18)8-13/h3-5,13-16,18H,6-10H2,1-2H3,(H2,20,21,22). The Bertz CT molecular complexity index is 567. The highest BCUT2D eigenvalue weighted by Gasteiger charge is 2.48. The molecule has 4 bridgehead atoms. The molecule has 0 radical (unpaired) electrons. The van der Waals surface area contributed by atoms with Crippen molar-refractivity contribution in [3.63, 3.8) is 0 Å². The fourth-order valence-electron chi connectivity index (χ4n) is 5.30. The number of thiocarbonyl (C=S) groups is 1. The van der Waals surface area contributed by atoms with Gasteiger partial charge in [0.1, 0.15) is 0 Å². The zero-order chi connectivity index (χ0) is 15.3. The molecule has 4 aliphatic rings. The molecule has 118 valence electrons. The van der Waals surface area contributed by atoms with Gasteiger partial charge in [0.2, 0.25) is 0 Å². The molecule has 1 aromatic carbocycles. The van der Waals surface area contributed by atoms with Crippen LogP contribution < -0.4 is 10.6 Å². The van der Waals surface area contributed by atoms with Gasteiger partial charge < -0.3 is 10.6 Å². The molecule has 5 rings (SSSR count). The Balaban J connectivity index is 1.41. The highest BCUT2D eigenvalue weighted by molar-refractivity contribution is 7.80. The zero-order valence-electron chi connectivity index (χ0n) is 13.6. The van der Waals surface area contributed by atoms with Crippen LogP contribution in [0.5, 0.6) is 0 Å². The first-order valence-electron chi connectivity index (χ1n) is 8.73. The quantitative estimate of drug-likeness (QED) is 0.791. The summed E-state index contributed by atoms with van der Waals surface area (Å²) in [6, 6.07) is 7.07. The minimum atomic E-state index is 0.611. The largest absolute Gasteiger partial charge is 0.359 e. The summed E-state index contributed by atoms with van der Waals surface area (Å²) >= 11 is 5.59. The third kappa shape index (κ3) is 2.64. The third-order valence-electron chi connectivity index (χ3n) is 6.29. The fourth-order valence-corrected chi connectivity index (χ4v) is 5.55. The van der Waals surface area contributed by atoms with Crippen LogP contribution in [0.25, 0.3) is 0 Å². The van der Waals surface area contributed by atoms with Crippen LogP contribution in [0, 0.1) is 37.5 Å². The molecule has 0 unspecified atom stereocenters. The van der Waals surface area contributed by atoms with Gasteiger partial charge in [0.25, 0.3) is 0 Å². The maximum Gasteiger partial charge on any atom is 0.171 e. The monoisotopic (exact) mass is 314 g/mol. The average Bonchev–Trinajstić information content (AvgIpc) is 2.46. The van der Waals surface area contributed by atoms with Crippen molar-refractivity contribution in [3.8, 4) is 0 Å². The minimum Gasteiger partial charge on any atom is -0.359 e. The van der Waals surface area contributed by atoms with Crippen LogP contribution in [-0.4, -0.2) is 11.2 Å². The second kappa shape index (κ2) is 5.52. The summed E-state index contributed by atoms with van der Waals surface area (Å²) in [5, 5.41) is 7.86. The lowest BCUT2D eigenvalue weighted by molar-refractivity contribution is -0.00665. The molecule has 0 spiro atoms. The fraction of sp³-hybridized carbons (Fsp3) is 0.632. The van der Waals surface area contributed by atoms with E-state index >= 15 is 0 Å². The molecule has 0 aliphatic heterocycles. The first-order valence-corrected chi connectivity index (χ1v) is 9.14. The second-order valence-corrected chi connectivity index (χ2v) is 8.26. The van der Waals surface area contributed by atoms with Gasteiger partial charge in [0.15, 0.2) is 5.11 Å². The van der Waals surface area contributed by atoms with Crippen LogP contribution in [0.2, 0.25) is 0 Å². The summed E-state index contributed by atoms with van der Waals surface area (Å²) in [6.45, 7) is 4.29. The van der Waals surface area contributed by atoms with Crippen molar-refractivity contribution in [2.24, 2.45) is 23.7 Å². The number of benzene rings is 1. The molecule has 1 aromatic rings. The molecule has 0 saturated heterocycles. The Morgan fingerprint density at radius 1 is 0.955 bits per heavy atom. The predicted molar refractivity (Wildman–Crippen MR) is 96.1 cm³/mol. The first-order chi connectivity index (χ1) is 10.6. The van der Waals surface area contributed by atoms with Gasteiger partial charge in [-0.15, -0.1) is 0 Å².